The maximum atomic E-state index is 12.9. The van der Waals surface area contributed by atoms with Crippen molar-refractivity contribution >= 4 is 22.9 Å². The summed E-state index contributed by atoms with van der Waals surface area (Å²) in [4.78, 5) is 21.8. The number of hydrogen-bond acceptors (Lipinski definition) is 7. The van der Waals surface area contributed by atoms with Gasteiger partial charge in [-0.25, -0.2) is 4.98 Å². The number of thiazole rings is 1. The van der Waals surface area contributed by atoms with Crippen LogP contribution >= 0.6 is 11.3 Å². The number of carbonyl (C=O) groups is 1. The Labute approximate surface area is 182 Å². The van der Waals surface area contributed by atoms with Crippen LogP contribution in [0.3, 0.4) is 0 Å². The number of pyridine rings is 1. The predicted molar refractivity (Wildman–Crippen MR) is 117 cm³/mol. The van der Waals surface area contributed by atoms with Crippen LogP contribution in [0.15, 0.2) is 48.4 Å². The molecule has 0 bridgehead atoms. The Morgan fingerprint density at radius 3 is 2.87 bits per heavy atom. The number of aromatic nitrogens is 6. The summed E-state index contributed by atoms with van der Waals surface area (Å²) in [7, 11) is 0. The van der Waals surface area contributed by atoms with E-state index in [0.717, 1.165) is 36.3 Å². The van der Waals surface area contributed by atoms with Crippen LogP contribution in [0.5, 0.6) is 0 Å². The van der Waals surface area contributed by atoms with Crippen molar-refractivity contribution in [3.8, 4) is 22.0 Å². The van der Waals surface area contributed by atoms with Crippen LogP contribution < -0.4 is 5.32 Å². The first-order valence-electron chi connectivity index (χ1n) is 10.1. The molecule has 5 rings (SSSR count). The molecule has 0 unspecified atom stereocenters. The van der Waals surface area contributed by atoms with Gasteiger partial charge in [-0.05, 0) is 37.8 Å². The Kier molecular flexibility index (Phi) is 5.31. The number of nitrogens with zero attached hydrogens (tertiary/aromatic N) is 5. The van der Waals surface area contributed by atoms with Gasteiger partial charge in [0.15, 0.2) is 0 Å². The van der Waals surface area contributed by atoms with Crippen LogP contribution in [-0.2, 0) is 0 Å². The molecule has 0 saturated heterocycles. The third-order valence-electron chi connectivity index (χ3n) is 5.41. The topological polar surface area (TPSA) is 122 Å². The number of H-pyrrole nitrogens is 1. The Bertz CT molecular complexity index is 1160. The van der Waals surface area contributed by atoms with Gasteiger partial charge in [0.25, 0.3) is 5.91 Å². The van der Waals surface area contributed by atoms with E-state index in [0.29, 0.717) is 22.8 Å². The third-order valence-corrected chi connectivity index (χ3v) is 6.30. The molecule has 9 nitrogen and oxygen atoms in total. The molecule has 1 amide bonds. The van der Waals surface area contributed by atoms with Crippen molar-refractivity contribution in [1.29, 1.82) is 0 Å². The summed E-state index contributed by atoms with van der Waals surface area (Å²) in [6, 6.07) is 5.78. The molecule has 0 radical (unpaired) electrons. The van der Waals surface area contributed by atoms with Gasteiger partial charge in [-0.1, -0.05) is 6.07 Å². The maximum Gasteiger partial charge on any atom is 0.275 e. The number of rotatable bonds is 5. The molecule has 1 aliphatic carbocycles. The molecule has 3 N–H and O–H groups in total. The molecule has 1 fully saturated rings. The van der Waals surface area contributed by atoms with Gasteiger partial charge in [0.1, 0.15) is 16.4 Å². The van der Waals surface area contributed by atoms with Crippen LogP contribution in [0.2, 0.25) is 0 Å². The molecule has 0 spiro atoms. The lowest BCUT2D eigenvalue weighted by molar-refractivity contribution is 0.102. The number of aromatic amines is 1. The monoisotopic (exact) mass is 435 g/mol. The average Bonchev–Trinajstić information content (AvgIpc) is 3.55. The quantitative estimate of drug-likeness (QED) is 0.441. The zero-order valence-electron chi connectivity index (χ0n) is 16.6. The van der Waals surface area contributed by atoms with E-state index >= 15 is 0 Å². The van der Waals surface area contributed by atoms with Gasteiger partial charge in [-0.3, -0.25) is 19.6 Å². The number of amides is 1. The van der Waals surface area contributed by atoms with Crippen molar-refractivity contribution in [2.75, 3.05) is 5.32 Å². The lowest BCUT2D eigenvalue weighted by atomic mass is 9.93. The van der Waals surface area contributed by atoms with Crippen molar-refractivity contribution in [3.63, 3.8) is 0 Å². The van der Waals surface area contributed by atoms with Gasteiger partial charge in [0.2, 0.25) is 0 Å². The molecular weight excluding hydrogens is 414 g/mol. The number of hydrogen-bond donors (Lipinski definition) is 3. The van der Waals surface area contributed by atoms with E-state index in [2.05, 4.69) is 25.5 Å². The molecule has 31 heavy (non-hydrogen) atoms. The van der Waals surface area contributed by atoms with E-state index in [1.165, 1.54) is 11.3 Å². The lowest BCUT2D eigenvalue weighted by Gasteiger charge is -2.25. The molecule has 1 aliphatic rings. The average molecular weight is 436 g/mol. The summed E-state index contributed by atoms with van der Waals surface area (Å²) in [5, 5.41) is 26.7. The highest BCUT2D eigenvalue weighted by Gasteiger charge is 2.24. The number of carbonyl (C=O) groups excluding carboxylic acids is 1. The first-order chi connectivity index (χ1) is 15.2. The predicted octanol–water partition coefficient (Wildman–Crippen LogP) is 3.52. The second-order valence-electron chi connectivity index (χ2n) is 7.53. The van der Waals surface area contributed by atoms with Gasteiger partial charge in [-0.15, -0.1) is 11.3 Å². The van der Waals surface area contributed by atoms with Crippen molar-refractivity contribution < 1.29 is 9.90 Å². The minimum absolute atomic E-state index is 0.184. The Morgan fingerprint density at radius 2 is 2.13 bits per heavy atom. The fourth-order valence-corrected chi connectivity index (χ4v) is 4.53. The third kappa shape index (κ3) is 4.12. The normalized spacial score (nSPS) is 18.7. The number of anilines is 1. The van der Waals surface area contributed by atoms with Crippen molar-refractivity contribution in [3.05, 3.63) is 54.1 Å². The molecule has 0 aromatic carbocycles. The number of aliphatic hydroxyl groups excluding tert-OH is 1. The van der Waals surface area contributed by atoms with Crippen LogP contribution in [0, 0.1) is 0 Å². The zero-order chi connectivity index (χ0) is 21.2. The molecule has 10 heteroatoms. The van der Waals surface area contributed by atoms with E-state index in [9.17, 15) is 9.90 Å². The first-order valence-corrected chi connectivity index (χ1v) is 11.0. The van der Waals surface area contributed by atoms with Crippen molar-refractivity contribution in [2.45, 2.75) is 37.8 Å². The van der Waals surface area contributed by atoms with Gasteiger partial charge in [0.05, 0.1) is 29.7 Å². The van der Waals surface area contributed by atoms with Gasteiger partial charge in [0, 0.05) is 29.5 Å². The number of nitrogens with one attached hydrogen (secondary N) is 2. The summed E-state index contributed by atoms with van der Waals surface area (Å²) in [6.45, 7) is 0. The molecule has 4 heterocycles. The van der Waals surface area contributed by atoms with Crippen molar-refractivity contribution in [1.82, 2.24) is 29.9 Å². The minimum atomic E-state index is -0.304. The summed E-state index contributed by atoms with van der Waals surface area (Å²) in [5.74, 6) is -0.304. The largest absolute Gasteiger partial charge is 0.393 e. The van der Waals surface area contributed by atoms with Crippen LogP contribution in [0.25, 0.3) is 22.0 Å². The van der Waals surface area contributed by atoms with E-state index in [1.807, 2.05) is 29.1 Å². The van der Waals surface area contributed by atoms with Crippen LogP contribution in [0.4, 0.5) is 5.69 Å². The molecule has 0 atom stereocenters. The van der Waals surface area contributed by atoms with E-state index < -0.39 is 0 Å². The smallest absolute Gasteiger partial charge is 0.275 e. The van der Waals surface area contributed by atoms with E-state index in [1.54, 1.807) is 24.0 Å². The van der Waals surface area contributed by atoms with E-state index in [4.69, 9.17) is 5.10 Å². The summed E-state index contributed by atoms with van der Waals surface area (Å²) < 4.78 is 1.89. The standard InChI is InChI=1S/C21H21N7O2S/c29-15-6-4-14(5-7-15)28-11-17(19(27-28)16-3-1-2-8-22-16)25-20(30)18-12-31-21(26-18)13-9-23-24-10-13/h1-3,8-12,14-15,29H,4-7H2,(H,23,24)(H,25,30)/t14-,15-. The molecule has 4 aromatic rings. The van der Waals surface area contributed by atoms with Gasteiger partial charge < -0.3 is 10.4 Å². The molecular formula is C21H21N7O2S. The van der Waals surface area contributed by atoms with Gasteiger partial charge >= 0.3 is 0 Å². The number of aliphatic hydroxyl groups is 1. The maximum absolute atomic E-state index is 12.9. The minimum Gasteiger partial charge on any atom is -0.393 e. The Balaban J connectivity index is 1.42. The molecule has 0 aliphatic heterocycles. The van der Waals surface area contributed by atoms with Crippen LogP contribution in [-0.4, -0.2) is 47.1 Å². The summed E-state index contributed by atoms with van der Waals surface area (Å²) in [5.41, 5.74) is 3.06. The molecule has 4 aromatic heterocycles. The Morgan fingerprint density at radius 1 is 1.26 bits per heavy atom. The highest BCUT2D eigenvalue weighted by atomic mass is 32.1. The van der Waals surface area contributed by atoms with Gasteiger partial charge in [-0.2, -0.15) is 10.2 Å². The highest BCUT2D eigenvalue weighted by Crippen LogP contribution is 2.33. The lowest BCUT2D eigenvalue weighted by Crippen LogP contribution is -2.21. The molecule has 158 valence electrons. The fraction of sp³-hybridized carbons (Fsp3) is 0.286. The fourth-order valence-electron chi connectivity index (χ4n) is 3.75. The Hall–Kier alpha value is -3.37. The van der Waals surface area contributed by atoms with Crippen molar-refractivity contribution in [2.24, 2.45) is 0 Å². The molecule has 1 saturated carbocycles. The summed E-state index contributed by atoms with van der Waals surface area (Å²) >= 11 is 1.39. The van der Waals surface area contributed by atoms with E-state index in [-0.39, 0.29) is 18.1 Å². The van der Waals surface area contributed by atoms with Crippen LogP contribution in [0.1, 0.15) is 42.2 Å². The summed E-state index contributed by atoms with van der Waals surface area (Å²) in [6.07, 6.45) is 9.92. The first kappa shape index (κ1) is 19.6. The highest BCUT2D eigenvalue weighted by molar-refractivity contribution is 7.13. The second-order valence-corrected chi connectivity index (χ2v) is 8.39. The second kappa shape index (κ2) is 8.40. The zero-order valence-corrected chi connectivity index (χ0v) is 17.4. The SMILES string of the molecule is O=C(Nc1cn([C@H]2CC[C@H](O)CC2)nc1-c1ccccn1)c1csc(-c2cn[nH]c2)n1.